The zero-order chi connectivity index (χ0) is 42.8. The molecule has 0 spiro atoms. The molecule has 0 amide bonds. The predicted molar refractivity (Wildman–Crippen MR) is 271 cm³/mol. The second-order valence-corrected chi connectivity index (χ2v) is 16.7. The summed E-state index contributed by atoms with van der Waals surface area (Å²) in [5.41, 5.74) is 10.9. The summed E-state index contributed by atoms with van der Waals surface area (Å²) in [6.45, 7) is 0. The number of hydrogen-bond donors (Lipinski definition) is 0. The van der Waals surface area contributed by atoms with Gasteiger partial charge in [-0.2, -0.15) is 0 Å². The van der Waals surface area contributed by atoms with E-state index in [0.29, 0.717) is 17.5 Å². The Hall–Kier alpha value is -8.73. The van der Waals surface area contributed by atoms with Crippen LogP contribution in [0.2, 0.25) is 0 Å². The van der Waals surface area contributed by atoms with Crippen molar-refractivity contribution in [3.8, 4) is 62.1 Å². The molecular weight excluding hydrogens is 789 g/mol. The van der Waals surface area contributed by atoms with Gasteiger partial charge in [0.2, 0.25) is 0 Å². The number of para-hydroxylation sites is 2. The molecule has 0 bridgehead atoms. The fraction of sp³-hybridized carbons (Fsp3) is 0. The standard InChI is InChI=1S/C61H38N4/c1-3-15-42(16-4-1)59-62-60(64-61(63-59)44-35-36-57-54(37-44)50-23-13-14-26-56(50)65(57)45-17-5-2-6-18-45)43-33-29-40(30-34-43)39-27-31-41(32-28-39)53-38-55-48-21-8-7-19-46(48)47-20-9-11-24-51(47)58(55)52-25-12-10-22-49(52)53/h1-38H. The quantitative estimate of drug-likeness (QED) is 0.157. The molecule has 302 valence electrons. The first-order chi connectivity index (χ1) is 32.2. The van der Waals surface area contributed by atoms with Gasteiger partial charge in [0.05, 0.1) is 11.0 Å². The summed E-state index contributed by atoms with van der Waals surface area (Å²) in [6, 6.07) is 82.3. The minimum absolute atomic E-state index is 0.631. The third-order valence-corrected chi connectivity index (χ3v) is 13.0. The Bertz CT molecular complexity index is 3970. The average molecular weight is 827 g/mol. The number of benzene rings is 11. The van der Waals surface area contributed by atoms with Crippen LogP contribution in [-0.4, -0.2) is 19.5 Å². The van der Waals surface area contributed by atoms with E-state index >= 15 is 0 Å². The van der Waals surface area contributed by atoms with Gasteiger partial charge < -0.3 is 4.57 Å². The highest BCUT2D eigenvalue weighted by molar-refractivity contribution is 6.33. The van der Waals surface area contributed by atoms with Gasteiger partial charge in [-0.15, -0.1) is 0 Å². The molecule has 0 fully saturated rings. The Balaban J connectivity index is 0.879. The van der Waals surface area contributed by atoms with Crippen molar-refractivity contribution in [3.63, 3.8) is 0 Å². The first kappa shape index (κ1) is 36.9. The van der Waals surface area contributed by atoms with Gasteiger partial charge in [-0.1, -0.05) is 188 Å². The highest BCUT2D eigenvalue weighted by Crippen LogP contribution is 2.43. The second-order valence-electron chi connectivity index (χ2n) is 16.7. The molecule has 0 aliphatic rings. The highest BCUT2D eigenvalue weighted by Gasteiger charge is 2.18. The summed E-state index contributed by atoms with van der Waals surface area (Å²) >= 11 is 0. The lowest BCUT2D eigenvalue weighted by molar-refractivity contribution is 1.07. The lowest BCUT2D eigenvalue weighted by Gasteiger charge is -2.16. The smallest absolute Gasteiger partial charge is 0.164 e. The fourth-order valence-electron chi connectivity index (χ4n) is 9.98. The van der Waals surface area contributed by atoms with Crippen molar-refractivity contribution in [2.45, 2.75) is 0 Å². The molecule has 65 heavy (non-hydrogen) atoms. The van der Waals surface area contributed by atoms with Gasteiger partial charge in [0.1, 0.15) is 0 Å². The Morgan fingerprint density at radius 1 is 0.246 bits per heavy atom. The normalized spacial score (nSPS) is 11.7. The van der Waals surface area contributed by atoms with E-state index in [0.717, 1.165) is 49.9 Å². The largest absolute Gasteiger partial charge is 0.309 e. The summed E-state index contributed by atoms with van der Waals surface area (Å²) in [7, 11) is 0. The maximum Gasteiger partial charge on any atom is 0.164 e. The number of hydrogen-bond acceptors (Lipinski definition) is 3. The molecule has 0 saturated carbocycles. The molecule has 4 nitrogen and oxygen atoms in total. The van der Waals surface area contributed by atoms with E-state index in [1.54, 1.807) is 0 Å². The minimum atomic E-state index is 0.631. The number of fused-ring (bicyclic) bond motifs is 11. The Labute approximate surface area is 375 Å². The van der Waals surface area contributed by atoms with Crippen molar-refractivity contribution in [2.75, 3.05) is 0 Å². The Morgan fingerprint density at radius 3 is 1.31 bits per heavy atom. The van der Waals surface area contributed by atoms with Gasteiger partial charge in [0.15, 0.2) is 17.5 Å². The van der Waals surface area contributed by atoms with Crippen LogP contribution >= 0.6 is 0 Å². The van der Waals surface area contributed by atoms with Crippen LogP contribution in [0.1, 0.15) is 0 Å². The molecule has 0 unspecified atom stereocenters. The maximum absolute atomic E-state index is 5.15. The molecule has 0 aliphatic carbocycles. The van der Waals surface area contributed by atoms with Crippen LogP contribution in [0.4, 0.5) is 0 Å². The van der Waals surface area contributed by atoms with Gasteiger partial charge in [0, 0.05) is 33.2 Å². The van der Waals surface area contributed by atoms with Gasteiger partial charge in [-0.3, -0.25) is 0 Å². The molecule has 0 N–H and O–H groups in total. The van der Waals surface area contributed by atoms with Crippen LogP contribution in [0.25, 0.3) is 127 Å². The molecule has 4 heteroatoms. The Morgan fingerprint density at radius 2 is 0.662 bits per heavy atom. The van der Waals surface area contributed by atoms with E-state index in [1.807, 2.05) is 18.2 Å². The van der Waals surface area contributed by atoms with Crippen LogP contribution in [-0.2, 0) is 0 Å². The second kappa shape index (κ2) is 15.0. The van der Waals surface area contributed by atoms with Crippen LogP contribution in [0, 0.1) is 0 Å². The zero-order valence-corrected chi connectivity index (χ0v) is 35.2. The van der Waals surface area contributed by atoms with E-state index in [1.165, 1.54) is 59.6 Å². The molecule has 2 aromatic heterocycles. The zero-order valence-electron chi connectivity index (χ0n) is 35.2. The molecular formula is C61H38N4. The third-order valence-electron chi connectivity index (χ3n) is 13.0. The number of rotatable bonds is 6. The first-order valence-electron chi connectivity index (χ1n) is 22.1. The van der Waals surface area contributed by atoms with Gasteiger partial charge in [-0.05, 0) is 108 Å². The van der Waals surface area contributed by atoms with Gasteiger partial charge >= 0.3 is 0 Å². The average Bonchev–Trinajstić information content (AvgIpc) is 3.72. The first-order valence-corrected chi connectivity index (χ1v) is 22.1. The van der Waals surface area contributed by atoms with Crippen LogP contribution < -0.4 is 0 Å². The van der Waals surface area contributed by atoms with Gasteiger partial charge in [-0.25, -0.2) is 15.0 Å². The summed E-state index contributed by atoms with van der Waals surface area (Å²) < 4.78 is 2.33. The van der Waals surface area contributed by atoms with Crippen LogP contribution in [0.5, 0.6) is 0 Å². The molecule has 13 aromatic rings. The summed E-state index contributed by atoms with van der Waals surface area (Å²) in [4.78, 5) is 15.3. The Kier molecular flexibility index (Phi) is 8.50. The van der Waals surface area contributed by atoms with Crippen molar-refractivity contribution in [2.24, 2.45) is 0 Å². The number of aromatic nitrogens is 4. The highest BCUT2D eigenvalue weighted by atomic mass is 15.0. The minimum Gasteiger partial charge on any atom is -0.309 e. The van der Waals surface area contributed by atoms with E-state index < -0.39 is 0 Å². The topological polar surface area (TPSA) is 43.6 Å². The summed E-state index contributed by atoms with van der Waals surface area (Å²) in [6.07, 6.45) is 0. The fourth-order valence-corrected chi connectivity index (χ4v) is 9.98. The SMILES string of the molecule is c1ccc(-c2nc(-c3ccc(-c4ccc(-c5cc6c7ccccc7c7ccccc7c6c6ccccc56)cc4)cc3)nc(-c3ccc4c(c3)c3ccccc3n4-c3ccccc3)n2)cc1. The van der Waals surface area contributed by atoms with Crippen molar-refractivity contribution in [1.82, 2.24) is 19.5 Å². The molecule has 11 aromatic carbocycles. The molecule has 0 atom stereocenters. The van der Waals surface area contributed by atoms with E-state index in [4.69, 9.17) is 15.0 Å². The van der Waals surface area contributed by atoms with E-state index in [9.17, 15) is 0 Å². The van der Waals surface area contributed by atoms with Crippen molar-refractivity contribution in [1.29, 1.82) is 0 Å². The lowest BCUT2D eigenvalue weighted by Crippen LogP contribution is -2.00. The summed E-state index contributed by atoms with van der Waals surface area (Å²) in [5.74, 6) is 1.90. The molecule has 0 aliphatic heterocycles. The monoisotopic (exact) mass is 826 g/mol. The molecule has 0 radical (unpaired) electrons. The molecule has 0 saturated heterocycles. The van der Waals surface area contributed by atoms with Gasteiger partial charge in [0.25, 0.3) is 0 Å². The van der Waals surface area contributed by atoms with E-state index in [2.05, 4.69) is 217 Å². The molecule has 2 heterocycles. The maximum atomic E-state index is 5.15. The predicted octanol–water partition coefficient (Wildman–Crippen LogP) is 15.9. The summed E-state index contributed by atoms with van der Waals surface area (Å²) in [5, 5.41) is 12.6. The third kappa shape index (κ3) is 6.11. The van der Waals surface area contributed by atoms with Crippen LogP contribution in [0.15, 0.2) is 231 Å². The van der Waals surface area contributed by atoms with Crippen molar-refractivity contribution in [3.05, 3.63) is 231 Å². The number of nitrogens with zero attached hydrogens (tertiary/aromatic N) is 4. The molecule has 13 rings (SSSR count). The lowest BCUT2D eigenvalue weighted by atomic mass is 9.87. The van der Waals surface area contributed by atoms with Crippen LogP contribution in [0.3, 0.4) is 0 Å². The van der Waals surface area contributed by atoms with E-state index in [-0.39, 0.29) is 0 Å². The van der Waals surface area contributed by atoms with Crippen molar-refractivity contribution < 1.29 is 0 Å². The van der Waals surface area contributed by atoms with Crippen molar-refractivity contribution >= 4 is 64.9 Å².